The van der Waals surface area contributed by atoms with Crippen LogP contribution in [-0.2, 0) is 6.42 Å². The fraction of sp³-hybridized carbons (Fsp3) is 0.158. The van der Waals surface area contributed by atoms with Gasteiger partial charge < -0.3 is 0 Å². The third-order valence-electron chi connectivity index (χ3n) is 3.80. The van der Waals surface area contributed by atoms with E-state index in [2.05, 4.69) is 74.5 Å². The molecule has 4 bridgehead atoms. The maximum atomic E-state index is 2.26. The lowest BCUT2D eigenvalue weighted by Crippen LogP contribution is -1.80. The maximum absolute atomic E-state index is 2.26. The Morgan fingerprint density at radius 1 is 0.684 bits per heavy atom. The van der Waals surface area contributed by atoms with E-state index in [-0.39, 0.29) is 0 Å². The molecule has 0 fully saturated rings. The van der Waals surface area contributed by atoms with Gasteiger partial charge in [0.2, 0.25) is 0 Å². The van der Waals surface area contributed by atoms with Crippen LogP contribution >= 0.6 is 0 Å². The van der Waals surface area contributed by atoms with E-state index in [0.717, 1.165) is 6.42 Å². The largest absolute Gasteiger partial charge is 0.0613 e. The molecule has 0 aliphatic rings. The molecule has 0 heteroatoms. The molecule has 0 aliphatic heterocycles. The summed E-state index contributed by atoms with van der Waals surface area (Å²) in [7, 11) is 0. The van der Waals surface area contributed by atoms with Gasteiger partial charge in [0.1, 0.15) is 0 Å². The highest BCUT2D eigenvalue weighted by atomic mass is 14.0. The molecule has 94 valence electrons. The molecule has 0 heterocycles. The van der Waals surface area contributed by atoms with E-state index in [9.17, 15) is 0 Å². The highest BCUT2D eigenvalue weighted by molar-refractivity contribution is 5.99. The van der Waals surface area contributed by atoms with Crippen LogP contribution in [0.4, 0.5) is 0 Å². The molecule has 0 saturated carbocycles. The lowest BCUT2D eigenvalue weighted by Gasteiger charge is -2.03. The van der Waals surface area contributed by atoms with Crippen LogP contribution in [0.5, 0.6) is 0 Å². The Morgan fingerprint density at radius 3 is 2.16 bits per heavy atom. The second kappa shape index (κ2) is 4.89. The second-order valence-electron chi connectivity index (χ2n) is 5.06. The van der Waals surface area contributed by atoms with Crippen LogP contribution in [0.15, 0.2) is 60.7 Å². The average molecular weight is 246 g/mol. The average Bonchev–Trinajstić information content (AvgIpc) is 2.43. The number of aryl methyl sites for hydroxylation is 2. The minimum atomic E-state index is 1.06. The summed E-state index contributed by atoms with van der Waals surface area (Å²) in [6.07, 6.45) is 1.06. The van der Waals surface area contributed by atoms with Crippen molar-refractivity contribution in [1.29, 1.82) is 0 Å². The monoisotopic (exact) mass is 246 g/mol. The van der Waals surface area contributed by atoms with Gasteiger partial charge in [0.25, 0.3) is 0 Å². The summed E-state index contributed by atoms with van der Waals surface area (Å²) in [5, 5.41) is 5.21. The molecule has 0 aromatic heterocycles. The zero-order chi connectivity index (χ0) is 13.2. The summed E-state index contributed by atoms with van der Waals surface area (Å²) >= 11 is 0. The molecule has 0 amide bonds. The standard InChI is InChI=1S/C19H18/c1-3-15-5-6-16-7-11-17-10-4-14(2)18(12-9-16)19(17)13-8-15/h4-13H,3H2,1-2H3. The van der Waals surface area contributed by atoms with E-state index in [4.69, 9.17) is 0 Å². The summed E-state index contributed by atoms with van der Waals surface area (Å²) in [5.41, 5.74) is 2.69. The normalized spacial score (nSPS) is 10.8. The summed E-state index contributed by atoms with van der Waals surface area (Å²) in [4.78, 5) is 0. The van der Waals surface area contributed by atoms with Crippen LogP contribution < -0.4 is 0 Å². The maximum Gasteiger partial charge on any atom is -0.0109 e. The van der Waals surface area contributed by atoms with Gasteiger partial charge >= 0.3 is 0 Å². The lowest BCUT2D eigenvalue weighted by molar-refractivity contribution is 1.15. The van der Waals surface area contributed by atoms with E-state index in [1.807, 2.05) is 0 Å². The molecule has 4 aromatic rings. The van der Waals surface area contributed by atoms with Crippen molar-refractivity contribution in [3.63, 3.8) is 0 Å². The first-order chi connectivity index (χ1) is 9.28. The molecule has 0 radical (unpaired) electrons. The molecule has 4 rings (SSSR count). The fourth-order valence-corrected chi connectivity index (χ4v) is 2.53. The Bertz CT molecular complexity index is 767. The van der Waals surface area contributed by atoms with Crippen LogP contribution in [0, 0.1) is 6.92 Å². The molecular weight excluding hydrogens is 228 g/mol. The van der Waals surface area contributed by atoms with Crippen LogP contribution in [0.3, 0.4) is 0 Å². The third-order valence-corrected chi connectivity index (χ3v) is 3.80. The van der Waals surface area contributed by atoms with Crippen molar-refractivity contribution in [2.75, 3.05) is 0 Å². The first-order valence-corrected chi connectivity index (χ1v) is 6.86. The summed E-state index contributed by atoms with van der Waals surface area (Å²) in [5.74, 6) is 0. The predicted octanol–water partition coefficient (Wildman–Crippen LogP) is 5.43. The molecule has 19 heavy (non-hydrogen) atoms. The molecule has 0 atom stereocenters. The van der Waals surface area contributed by atoms with E-state index in [1.165, 1.54) is 32.7 Å². The topological polar surface area (TPSA) is 0 Å². The lowest BCUT2D eigenvalue weighted by atomic mass is 10.0. The zero-order valence-electron chi connectivity index (χ0n) is 11.5. The molecule has 0 saturated heterocycles. The number of rotatable bonds is 1. The first kappa shape index (κ1) is 12.0. The first-order valence-electron chi connectivity index (χ1n) is 6.86. The van der Waals surface area contributed by atoms with Crippen molar-refractivity contribution >= 4 is 21.5 Å². The van der Waals surface area contributed by atoms with Crippen LogP contribution in [-0.4, -0.2) is 0 Å². The Labute approximate surface area is 114 Å². The Morgan fingerprint density at radius 2 is 1.32 bits per heavy atom. The van der Waals surface area contributed by atoms with Crippen molar-refractivity contribution < 1.29 is 0 Å². The fourth-order valence-electron chi connectivity index (χ4n) is 2.53. The minimum Gasteiger partial charge on any atom is -0.0613 e. The molecule has 0 aliphatic carbocycles. The Kier molecular flexibility index (Phi) is 3.08. The van der Waals surface area contributed by atoms with Gasteiger partial charge in [0.15, 0.2) is 0 Å². The van der Waals surface area contributed by atoms with E-state index in [1.54, 1.807) is 0 Å². The second-order valence-corrected chi connectivity index (χ2v) is 5.06. The summed E-state index contributed by atoms with van der Waals surface area (Å²) < 4.78 is 0. The van der Waals surface area contributed by atoms with Gasteiger partial charge in [-0.3, -0.25) is 0 Å². The number of hydrogen-bond acceptors (Lipinski definition) is 0. The van der Waals surface area contributed by atoms with Crippen molar-refractivity contribution in [3.05, 3.63) is 71.8 Å². The van der Waals surface area contributed by atoms with Crippen molar-refractivity contribution in [2.24, 2.45) is 0 Å². The van der Waals surface area contributed by atoms with Crippen LogP contribution in [0.25, 0.3) is 21.5 Å². The molecule has 0 N–H and O–H groups in total. The van der Waals surface area contributed by atoms with E-state index in [0.29, 0.717) is 0 Å². The van der Waals surface area contributed by atoms with Crippen LogP contribution in [0.1, 0.15) is 18.1 Å². The third kappa shape index (κ3) is 2.26. The quantitative estimate of drug-likeness (QED) is 0.537. The molecule has 0 nitrogen and oxygen atoms in total. The van der Waals surface area contributed by atoms with Gasteiger partial charge in [0, 0.05) is 0 Å². The van der Waals surface area contributed by atoms with Gasteiger partial charge in [-0.25, -0.2) is 0 Å². The SMILES string of the molecule is CCc1ccc2ccc3ccc(C)c(cc2)c3cc1. The van der Waals surface area contributed by atoms with E-state index >= 15 is 0 Å². The molecule has 0 unspecified atom stereocenters. The van der Waals surface area contributed by atoms with Crippen molar-refractivity contribution in [2.45, 2.75) is 20.3 Å². The van der Waals surface area contributed by atoms with E-state index < -0.39 is 0 Å². The summed E-state index contributed by atoms with van der Waals surface area (Å²) in [6, 6.07) is 22.2. The van der Waals surface area contributed by atoms with Crippen LogP contribution in [0.2, 0.25) is 0 Å². The van der Waals surface area contributed by atoms with Gasteiger partial charge in [-0.1, -0.05) is 67.6 Å². The molecule has 0 spiro atoms. The number of hydrogen-bond donors (Lipinski definition) is 0. The highest BCUT2D eigenvalue weighted by Gasteiger charge is 1.98. The summed E-state index contributed by atoms with van der Waals surface area (Å²) in [6.45, 7) is 4.38. The smallest absolute Gasteiger partial charge is 0.0109 e. The van der Waals surface area contributed by atoms with Gasteiger partial charge in [-0.2, -0.15) is 0 Å². The molecular formula is C19H18. The van der Waals surface area contributed by atoms with Crippen molar-refractivity contribution in [3.8, 4) is 0 Å². The Hall–Kier alpha value is -2.08. The Balaban J connectivity index is 2.58. The van der Waals surface area contributed by atoms with Gasteiger partial charge in [-0.05, 0) is 46.0 Å². The van der Waals surface area contributed by atoms with Crippen molar-refractivity contribution in [1.82, 2.24) is 0 Å². The zero-order valence-corrected chi connectivity index (χ0v) is 11.5. The van der Waals surface area contributed by atoms with Gasteiger partial charge in [0.05, 0.1) is 0 Å². The number of benzene rings is 1. The number of fused-ring (bicyclic) bond motifs is 6. The minimum absolute atomic E-state index is 1.06. The predicted molar refractivity (Wildman–Crippen MR) is 84.4 cm³/mol. The van der Waals surface area contributed by atoms with Gasteiger partial charge in [-0.15, -0.1) is 0 Å². The highest BCUT2D eigenvalue weighted by Crippen LogP contribution is 2.23. The molecule has 4 aromatic carbocycles.